The van der Waals surface area contributed by atoms with Gasteiger partial charge in [-0.05, 0) is 37.5 Å². The van der Waals surface area contributed by atoms with E-state index in [-0.39, 0.29) is 16.6 Å². The van der Waals surface area contributed by atoms with Gasteiger partial charge in [0, 0.05) is 12.6 Å². The first kappa shape index (κ1) is 14.8. The minimum Gasteiger partial charge on any atom is -0.398 e. The largest absolute Gasteiger partial charge is 0.398 e. The lowest BCUT2D eigenvalue weighted by atomic mass is 10.0. The fraction of sp³-hybridized carbons (Fsp3) is 0.500. The molecule has 0 radical (unpaired) electrons. The molecule has 2 rings (SSSR count). The van der Waals surface area contributed by atoms with Crippen LogP contribution in [0.4, 0.5) is 5.69 Å². The molecule has 5 nitrogen and oxygen atoms in total. The van der Waals surface area contributed by atoms with Crippen LogP contribution in [0.5, 0.6) is 0 Å². The molecule has 108 valence electrons. The van der Waals surface area contributed by atoms with E-state index in [1.165, 1.54) is 18.2 Å². The molecule has 1 aromatic rings. The Morgan fingerprint density at radius 1 is 1.45 bits per heavy atom. The summed E-state index contributed by atoms with van der Waals surface area (Å²) in [6.45, 7) is 2.54. The summed E-state index contributed by atoms with van der Waals surface area (Å²) < 4.78 is 27.0. The van der Waals surface area contributed by atoms with Gasteiger partial charge in [0.25, 0.3) is 0 Å². The van der Waals surface area contributed by atoms with Crippen molar-refractivity contribution < 1.29 is 8.42 Å². The fourth-order valence-electron chi connectivity index (χ4n) is 2.68. The Morgan fingerprint density at radius 3 is 2.80 bits per heavy atom. The van der Waals surface area contributed by atoms with Gasteiger partial charge < -0.3 is 5.73 Å². The minimum atomic E-state index is -3.58. The van der Waals surface area contributed by atoms with Crippen molar-refractivity contribution in [1.82, 2.24) is 4.31 Å². The lowest BCUT2D eigenvalue weighted by molar-refractivity contribution is 0.247. The average Bonchev–Trinajstić information content (AvgIpc) is 2.46. The van der Waals surface area contributed by atoms with Crippen LogP contribution in [0.2, 0.25) is 0 Å². The van der Waals surface area contributed by atoms with Gasteiger partial charge in [0.15, 0.2) is 0 Å². The van der Waals surface area contributed by atoms with Gasteiger partial charge in [0.2, 0.25) is 10.0 Å². The first-order valence-electron chi connectivity index (χ1n) is 6.82. The van der Waals surface area contributed by atoms with Crippen molar-refractivity contribution in [2.24, 2.45) is 0 Å². The first-order chi connectivity index (χ1) is 9.50. The first-order valence-corrected chi connectivity index (χ1v) is 8.26. The Bertz CT molecular complexity index is 634. The second-order valence-electron chi connectivity index (χ2n) is 5.04. The van der Waals surface area contributed by atoms with Crippen molar-refractivity contribution >= 4 is 15.7 Å². The quantitative estimate of drug-likeness (QED) is 0.864. The summed E-state index contributed by atoms with van der Waals surface area (Å²) in [5.41, 5.74) is 6.33. The highest BCUT2D eigenvalue weighted by Crippen LogP contribution is 2.29. The molecule has 0 saturated carbocycles. The van der Waals surface area contributed by atoms with Crippen molar-refractivity contribution in [1.29, 1.82) is 5.26 Å². The fourth-order valence-corrected chi connectivity index (χ4v) is 4.54. The minimum absolute atomic E-state index is 0.0452. The Balaban J connectivity index is 2.42. The number of hydrogen-bond acceptors (Lipinski definition) is 4. The van der Waals surface area contributed by atoms with E-state index in [9.17, 15) is 8.42 Å². The van der Waals surface area contributed by atoms with Crippen molar-refractivity contribution in [2.75, 3.05) is 12.3 Å². The molecule has 1 saturated heterocycles. The zero-order chi connectivity index (χ0) is 14.8. The number of nitrogens with two attached hydrogens (primary N) is 1. The summed E-state index contributed by atoms with van der Waals surface area (Å²) in [5, 5.41) is 8.82. The Hall–Kier alpha value is -1.58. The van der Waals surface area contributed by atoms with Gasteiger partial charge in [0.05, 0.1) is 17.3 Å². The van der Waals surface area contributed by atoms with Gasteiger partial charge >= 0.3 is 0 Å². The van der Waals surface area contributed by atoms with Crippen molar-refractivity contribution in [3.63, 3.8) is 0 Å². The molecule has 0 aromatic heterocycles. The number of nitrogens with zero attached hydrogens (tertiary/aromatic N) is 2. The van der Waals surface area contributed by atoms with E-state index in [2.05, 4.69) is 0 Å². The standard InChI is InChI=1S/C14H19N3O2S/c1-2-12-5-3-4-8-17(12)20(18,19)14-7-6-11(10-15)9-13(14)16/h6-7,9,12H,2-5,8,16H2,1H3. The number of nitriles is 1. The predicted octanol–water partition coefficient (Wildman–Crippen LogP) is 2.09. The maximum absolute atomic E-state index is 12.7. The van der Waals surface area contributed by atoms with E-state index < -0.39 is 10.0 Å². The van der Waals surface area contributed by atoms with Gasteiger partial charge in [0.1, 0.15) is 4.90 Å². The molecule has 0 spiro atoms. The van der Waals surface area contributed by atoms with Crippen LogP contribution in [0.1, 0.15) is 38.2 Å². The second kappa shape index (κ2) is 5.81. The molecular formula is C14H19N3O2S. The summed E-state index contributed by atoms with van der Waals surface area (Å²) in [5.74, 6) is 0. The van der Waals surface area contributed by atoms with Gasteiger partial charge in [-0.3, -0.25) is 0 Å². The smallest absolute Gasteiger partial charge is 0.245 e. The zero-order valence-corrected chi connectivity index (χ0v) is 12.4. The third-order valence-corrected chi connectivity index (χ3v) is 5.80. The molecular weight excluding hydrogens is 274 g/mol. The highest BCUT2D eigenvalue weighted by molar-refractivity contribution is 7.89. The van der Waals surface area contributed by atoms with Gasteiger partial charge in [-0.1, -0.05) is 13.3 Å². The van der Waals surface area contributed by atoms with E-state index in [4.69, 9.17) is 11.0 Å². The van der Waals surface area contributed by atoms with Crippen LogP contribution in [0.25, 0.3) is 0 Å². The SMILES string of the molecule is CCC1CCCCN1S(=O)(=O)c1ccc(C#N)cc1N. The normalized spacial score (nSPS) is 20.5. The maximum Gasteiger partial charge on any atom is 0.245 e. The van der Waals surface area contributed by atoms with E-state index in [1.54, 1.807) is 4.31 Å². The van der Waals surface area contributed by atoms with Gasteiger partial charge in [-0.15, -0.1) is 0 Å². The molecule has 1 unspecified atom stereocenters. The summed E-state index contributed by atoms with van der Waals surface area (Å²) in [4.78, 5) is 0.108. The molecule has 1 heterocycles. The highest BCUT2D eigenvalue weighted by atomic mass is 32.2. The van der Waals surface area contributed by atoms with E-state index in [1.807, 2.05) is 13.0 Å². The molecule has 1 aromatic carbocycles. The number of rotatable bonds is 3. The lowest BCUT2D eigenvalue weighted by Gasteiger charge is -2.34. The number of anilines is 1. The molecule has 1 aliphatic rings. The summed E-state index contributed by atoms with van der Waals surface area (Å²) in [6, 6.07) is 6.35. The van der Waals surface area contributed by atoms with E-state index >= 15 is 0 Å². The Kier molecular flexibility index (Phi) is 4.31. The Labute approximate surface area is 120 Å². The van der Waals surface area contributed by atoms with Crippen LogP contribution in [0.15, 0.2) is 23.1 Å². The molecule has 2 N–H and O–H groups in total. The number of hydrogen-bond donors (Lipinski definition) is 1. The number of piperidine rings is 1. The van der Waals surface area contributed by atoms with Crippen LogP contribution in [-0.4, -0.2) is 25.3 Å². The third kappa shape index (κ3) is 2.65. The molecule has 1 fully saturated rings. The molecule has 0 aliphatic carbocycles. The van der Waals surface area contributed by atoms with E-state index in [0.717, 1.165) is 25.7 Å². The molecule has 20 heavy (non-hydrogen) atoms. The molecule has 1 aliphatic heterocycles. The zero-order valence-electron chi connectivity index (χ0n) is 11.5. The number of benzene rings is 1. The second-order valence-corrected chi connectivity index (χ2v) is 6.90. The lowest BCUT2D eigenvalue weighted by Crippen LogP contribution is -2.43. The van der Waals surface area contributed by atoms with Gasteiger partial charge in [-0.25, -0.2) is 8.42 Å². The average molecular weight is 293 g/mol. The monoisotopic (exact) mass is 293 g/mol. The van der Waals surface area contributed by atoms with Crippen LogP contribution in [0.3, 0.4) is 0 Å². The number of nitrogen functional groups attached to an aromatic ring is 1. The summed E-state index contributed by atoms with van der Waals surface area (Å²) >= 11 is 0. The summed E-state index contributed by atoms with van der Waals surface area (Å²) in [7, 11) is -3.58. The van der Waals surface area contributed by atoms with Crippen molar-refractivity contribution in [3.8, 4) is 6.07 Å². The summed E-state index contributed by atoms with van der Waals surface area (Å²) in [6.07, 6.45) is 3.64. The molecule has 0 bridgehead atoms. The predicted molar refractivity (Wildman–Crippen MR) is 77.4 cm³/mol. The Morgan fingerprint density at radius 2 is 2.20 bits per heavy atom. The van der Waals surface area contributed by atoms with Crippen molar-refractivity contribution in [3.05, 3.63) is 23.8 Å². The van der Waals surface area contributed by atoms with Crippen LogP contribution in [-0.2, 0) is 10.0 Å². The molecule has 6 heteroatoms. The molecule has 1 atom stereocenters. The maximum atomic E-state index is 12.7. The molecule has 0 amide bonds. The van der Waals surface area contributed by atoms with Crippen LogP contribution in [0, 0.1) is 11.3 Å². The van der Waals surface area contributed by atoms with E-state index in [0.29, 0.717) is 12.1 Å². The third-order valence-electron chi connectivity index (χ3n) is 3.77. The highest BCUT2D eigenvalue weighted by Gasteiger charge is 2.33. The van der Waals surface area contributed by atoms with Gasteiger partial charge in [-0.2, -0.15) is 9.57 Å². The topological polar surface area (TPSA) is 87.2 Å². The van der Waals surface area contributed by atoms with Crippen LogP contribution >= 0.6 is 0 Å². The van der Waals surface area contributed by atoms with Crippen molar-refractivity contribution in [2.45, 2.75) is 43.5 Å². The van der Waals surface area contributed by atoms with Crippen LogP contribution < -0.4 is 5.73 Å². The number of sulfonamides is 1.